The fraction of sp³-hybridized carbons (Fsp3) is 0.0526. The lowest BCUT2D eigenvalue weighted by Crippen LogP contribution is -2.13. The molecular weight excluding hydrogens is 302 g/mol. The van der Waals surface area contributed by atoms with E-state index in [4.69, 9.17) is 4.74 Å². The molecule has 2 aromatic heterocycles. The fourth-order valence-corrected chi connectivity index (χ4v) is 2.68. The summed E-state index contributed by atoms with van der Waals surface area (Å²) >= 11 is 0. The molecule has 4 rings (SSSR count). The lowest BCUT2D eigenvalue weighted by atomic mass is 10.1. The maximum Gasteiger partial charge on any atom is 0.280 e. The van der Waals surface area contributed by atoms with Crippen LogP contribution in [0.5, 0.6) is 5.75 Å². The monoisotopic (exact) mass is 317 g/mol. The van der Waals surface area contributed by atoms with Crippen LogP contribution in [0.15, 0.2) is 71.5 Å². The maximum atomic E-state index is 12.5. The molecule has 5 nitrogen and oxygen atoms in total. The van der Waals surface area contributed by atoms with Crippen molar-refractivity contribution in [2.45, 2.75) is 0 Å². The molecule has 0 aliphatic carbocycles. The number of hydrogen-bond donors (Lipinski definition) is 1. The standard InChI is InChI=1S/C19H15N3O2/c1-24-15-9-7-13(8-10-15)17-12-11-16-18(20-17)21-22(19(16)23)14-5-3-2-4-6-14/h2-12H,1H3,(H,20,21). The van der Waals surface area contributed by atoms with Gasteiger partial charge in [0.1, 0.15) is 5.75 Å². The molecular formula is C19H15N3O2. The highest BCUT2D eigenvalue weighted by Gasteiger charge is 2.10. The summed E-state index contributed by atoms with van der Waals surface area (Å²) in [5.74, 6) is 0.795. The number of ether oxygens (including phenoxy) is 1. The predicted molar refractivity (Wildman–Crippen MR) is 93.7 cm³/mol. The molecule has 118 valence electrons. The summed E-state index contributed by atoms with van der Waals surface area (Å²) in [6, 6.07) is 20.8. The molecule has 5 heteroatoms. The van der Waals surface area contributed by atoms with Gasteiger partial charge in [0, 0.05) is 5.56 Å². The summed E-state index contributed by atoms with van der Waals surface area (Å²) in [4.78, 5) is 17.1. The van der Waals surface area contributed by atoms with E-state index in [9.17, 15) is 4.79 Å². The Balaban J connectivity index is 1.82. The average molecular weight is 317 g/mol. The first-order valence-electron chi connectivity index (χ1n) is 7.58. The Bertz CT molecular complexity index is 1050. The zero-order chi connectivity index (χ0) is 16.5. The van der Waals surface area contributed by atoms with Crippen molar-refractivity contribution in [1.82, 2.24) is 14.8 Å². The van der Waals surface area contributed by atoms with Gasteiger partial charge in [0.05, 0.1) is 23.9 Å². The van der Waals surface area contributed by atoms with Gasteiger partial charge in [-0.1, -0.05) is 18.2 Å². The largest absolute Gasteiger partial charge is 0.497 e. The number of H-pyrrole nitrogens is 1. The molecule has 1 N–H and O–H groups in total. The predicted octanol–water partition coefficient (Wildman–Crippen LogP) is 3.39. The van der Waals surface area contributed by atoms with E-state index in [0.29, 0.717) is 11.0 Å². The molecule has 0 bridgehead atoms. The quantitative estimate of drug-likeness (QED) is 0.630. The summed E-state index contributed by atoms with van der Waals surface area (Å²) in [6.45, 7) is 0. The molecule has 0 atom stereocenters. The second kappa shape index (κ2) is 5.70. The van der Waals surface area contributed by atoms with E-state index >= 15 is 0 Å². The molecule has 24 heavy (non-hydrogen) atoms. The van der Waals surface area contributed by atoms with E-state index in [1.54, 1.807) is 13.2 Å². The van der Waals surface area contributed by atoms with E-state index in [-0.39, 0.29) is 5.56 Å². The second-order valence-corrected chi connectivity index (χ2v) is 5.41. The van der Waals surface area contributed by atoms with Crippen LogP contribution < -0.4 is 10.3 Å². The van der Waals surface area contributed by atoms with E-state index in [0.717, 1.165) is 22.7 Å². The molecule has 0 amide bonds. The maximum absolute atomic E-state index is 12.5. The van der Waals surface area contributed by atoms with Crippen LogP contribution in [0.1, 0.15) is 0 Å². The smallest absolute Gasteiger partial charge is 0.280 e. The minimum Gasteiger partial charge on any atom is -0.497 e. The third-order valence-corrected chi connectivity index (χ3v) is 3.95. The van der Waals surface area contributed by atoms with Gasteiger partial charge in [0.2, 0.25) is 0 Å². The molecule has 2 heterocycles. The van der Waals surface area contributed by atoms with Gasteiger partial charge in [0.15, 0.2) is 5.65 Å². The summed E-state index contributed by atoms with van der Waals surface area (Å²) in [5.41, 5.74) is 3.01. The van der Waals surface area contributed by atoms with Crippen molar-refractivity contribution in [3.8, 4) is 22.7 Å². The Morgan fingerprint density at radius 3 is 2.42 bits per heavy atom. The summed E-state index contributed by atoms with van der Waals surface area (Å²) < 4.78 is 6.68. The van der Waals surface area contributed by atoms with Crippen LogP contribution in [0.4, 0.5) is 0 Å². The summed E-state index contributed by atoms with van der Waals surface area (Å²) in [6.07, 6.45) is 0. The minimum absolute atomic E-state index is 0.106. The second-order valence-electron chi connectivity index (χ2n) is 5.41. The zero-order valence-electron chi connectivity index (χ0n) is 13.1. The molecule has 0 saturated heterocycles. The van der Waals surface area contributed by atoms with Gasteiger partial charge in [-0.05, 0) is 48.5 Å². The molecule has 2 aromatic carbocycles. The molecule has 0 aliphatic rings. The third kappa shape index (κ3) is 2.36. The lowest BCUT2D eigenvalue weighted by molar-refractivity contribution is 0.415. The molecule has 4 aromatic rings. The van der Waals surface area contributed by atoms with Crippen LogP contribution in [0.3, 0.4) is 0 Å². The number of para-hydroxylation sites is 1. The summed E-state index contributed by atoms with van der Waals surface area (Å²) in [5, 5.41) is 3.65. The highest BCUT2D eigenvalue weighted by molar-refractivity contribution is 5.78. The Morgan fingerprint density at radius 1 is 0.958 bits per heavy atom. The van der Waals surface area contributed by atoms with Crippen LogP contribution in [0, 0.1) is 0 Å². The number of pyridine rings is 1. The van der Waals surface area contributed by atoms with Crippen LogP contribution in [-0.2, 0) is 0 Å². The van der Waals surface area contributed by atoms with Gasteiger partial charge in [0.25, 0.3) is 5.56 Å². The van der Waals surface area contributed by atoms with Crippen molar-refractivity contribution in [2.24, 2.45) is 0 Å². The van der Waals surface area contributed by atoms with Gasteiger partial charge in [-0.2, -0.15) is 0 Å². The van der Waals surface area contributed by atoms with Crippen molar-refractivity contribution in [3.63, 3.8) is 0 Å². The van der Waals surface area contributed by atoms with Crippen molar-refractivity contribution < 1.29 is 4.74 Å². The Kier molecular flexibility index (Phi) is 3.39. The van der Waals surface area contributed by atoms with Gasteiger partial charge in [-0.15, -0.1) is 0 Å². The molecule has 0 saturated carbocycles. The van der Waals surface area contributed by atoms with Gasteiger partial charge in [-0.25, -0.2) is 9.67 Å². The highest BCUT2D eigenvalue weighted by Crippen LogP contribution is 2.22. The number of benzene rings is 2. The van der Waals surface area contributed by atoms with E-state index < -0.39 is 0 Å². The first-order valence-corrected chi connectivity index (χ1v) is 7.58. The van der Waals surface area contributed by atoms with Gasteiger partial charge < -0.3 is 4.74 Å². The number of methoxy groups -OCH3 is 1. The first-order chi connectivity index (χ1) is 11.8. The fourth-order valence-electron chi connectivity index (χ4n) is 2.68. The normalized spacial score (nSPS) is 10.9. The molecule has 0 fully saturated rings. The number of nitrogens with one attached hydrogen (secondary N) is 1. The zero-order valence-corrected chi connectivity index (χ0v) is 13.1. The van der Waals surface area contributed by atoms with Crippen molar-refractivity contribution in [2.75, 3.05) is 7.11 Å². The van der Waals surface area contributed by atoms with Crippen molar-refractivity contribution in [1.29, 1.82) is 0 Å². The van der Waals surface area contributed by atoms with Crippen molar-refractivity contribution in [3.05, 3.63) is 77.1 Å². The molecule has 0 unspecified atom stereocenters. The van der Waals surface area contributed by atoms with E-state index in [1.807, 2.05) is 60.7 Å². The lowest BCUT2D eigenvalue weighted by Gasteiger charge is -2.03. The Morgan fingerprint density at radius 2 is 1.71 bits per heavy atom. The van der Waals surface area contributed by atoms with Crippen LogP contribution >= 0.6 is 0 Å². The van der Waals surface area contributed by atoms with Crippen LogP contribution in [0.2, 0.25) is 0 Å². The van der Waals surface area contributed by atoms with Crippen LogP contribution in [-0.4, -0.2) is 21.9 Å². The molecule has 0 aliphatic heterocycles. The number of nitrogens with zero attached hydrogens (tertiary/aromatic N) is 2. The molecule has 0 radical (unpaired) electrons. The van der Waals surface area contributed by atoms with Gasteiger partial charge >= 0.3 is 0 Å². The Labute approximate surface area is 138 Å². The SMILES string of the molecule is COc1ccc(-c2ccc3c(=O)n(-c4ccccc4)[nH]c3n2)cc1. The third-order valence-electron chi connectivity index (χ3n) is 3.95. The van der Waals surface area contributed by atoms with Crippen molar-refractivity contribution >= 4 is 11.0 Å². The van der Waals surface area contributed by atoms with Crippen LogP contribution in [0.25, 0.3) is 28.0 Å². The van der Waals surface area contributed by atoms with E-state index in [2.05, 4.69) is 10.1 Å². The Hall–Kier alpha value is -3.34. The number of aromatic nitrogens is 3. The number of rotatable bonds is 3. The number of hydrogen-bond acceptors (Lipinski definition) is 3. The highest BCUT2D eigenvalue weighted by atomic mass is 16.5. The van der Waals surface area contributed by atoms with E-state index in [1.165, 1.54) is 4.68 Å². The number of fused-ring (bicyclic) bond motifs is 1. The summed E-state index contributed by atoms with van der Waals surface area (Å²) in [7, 11) is 1.64. The first kappa shape index (κ1) is 14.3. The number of aromatic amines is 1. The topological polar surface area (TPSA) is 59.9 Å². The molecule has 0 spiro atoms. The minimum atomic E-state index is -0.106. The average Bonchev–Trinajstić information content (AvgIpc) is 2.99. The van der Waals surface area contributed by atoms with Gasteiger partial charge in [-0.3, -0.25) is 9.89 Å².